The van der Waals surface area contributed by atoms with Crippen LogP contribution in [0.5, 0.6) is 0 Å². The van der Waals surface area contributed by atoms with Crippen LogP contribution in [-0.2, 0) is 34.7 Å². The van der Waals surface area contributed by atoms with Crippen molar-refractivity contribution in [2.45, 2.75) is 57.3 Å². The number of benzene rings is 2. The topological polar surface area (TPSA) is 90.2 Å². The zero-order valence-corrected chi connectivity index (χ0v) is 23.5. The van der Waals surface area contributed by atoms with E-state index in [-0.39, 0.29) is 23.5 Å². The first-order valence-electron chi connectivity index (χ1n) is 13.5. The number of carbonyl (C=O) groups is 2. The van der Waals surface area contributed by atoms with Crippen molar-refractivity contribution >= 4 is 17.7 Å². The zero-order valence-electron chi connectivity index (χ0n) is 23.5. The predicted molar refractivity (Wildman–Crippen MR) is 148 cm³/mol. The molecule has 6 rings (SSSR count). The van der Waals surface area contributed by atoms with Gasteiger partial charge in [-0.3, -0.25) is 14.5 Å². The van der Waals surface area contributed by atoms with E-state index in [0.717, 1.165) is 17.2 Å². The van der Waals surface area contributed by atoms with Gasteiger partial charge in [0.1, 0.15) is 23.2 Å². The van der Waals surface area contributed by atoms with Gasteiger partial charge in [0.25, 0.3) is 5.91 Å². The van der Waals surface area contributed by atoms with Crippen molar-refractivity contribution in [2.24, 2.45) is 7.05 Å². The molecule has 2 aromatic heterocycles. The molecule has 0 atom stereocenters. The van der Waals surface area contributed by atoms with Gasteiger partial charge in [-0.1, -0.05) is 30.3 Å². The van der Waals surface area contributed by atoms with Gasteiger partial charge >= 0.3 is 12.1 Å². The fraction of sp³-hybridized carbons (Fsp3) is 0.323. The molecule has 0 saturated heterocycles. The molecular formula is C31H28F3N5O3. The van der Waals surface area contributed by atoms with Crippen LogP contribution in [0.15, 0.2) is 60.9 Å². The molecule has 1 aliphatic heterocycles. The maximum Gasteiger partial charge on any atom is 0.416 e. The number of ether oxygens (including phenoxy) is 1. The van der Waals surface area contributed by atoms with E-state index in [1.54, 1.807) is 43.8 Å². The summed E-state index contributed by atoms with van der Waals surface area (Å²) < 4.78 is 49.0. The van der Waals surface area contributed by atoms with Gasteiger partial charge in [0.05, 0.1) is 17.8 Å². The molecule has 2 aliphatic rings. The molecule has 0 radical (unpaired) electrons. The van der Waals surface area contributed by atoms with Gasteiger partial charge in [0.15, 0.2) is 5.82 Å². The molecule has 1 amide bonds. The zero-order chi connectivity index (χ0) is 30.0. The van der Waals surface area contributed by atoms with E-state index in [4.69, 9.17) is 9.72 Å². The lowest BCUT2D eigenvalue weighted by molar-refractivity contribution is -0.158. The van der Waals surface area contributed by atoms with Gasteiger partial charge in [-0.15, -0.1) is 10.2 Å². The fourth-order valence-corrected chi connectivity index (χ4v) is 5.36. The molecule has 1 fully saturated rings. The highest BCUT2D eigenvalue weighted by atomic mass is 19.4. The van der Waals surface area contributed by atoms with Gasteiger partial charge in [-0.25, -0.2) is 4.98 Å². The summed E-state index contributed by atoms with van der Waals surface area (Å²) in [6.07, 6.45) is -2.05. The van der Waals surface area contributed by atoms with Crippen LogP contribution in [0.25, 0.3) is 22.5 Å². The normalized spacial score (nSPS) is 16.0. The van der Waals surface area contributed by atoms with E-state index in [1.165, 1.54) is 17.0 Å². The smallest absolute Gasteiger partial charge is 0.416 e. The van der Waals surface area contributed by atoms with E-state index in [0.29, 0.717) is 29.9 Å². The third kappa shape index (κ3) is 4.72. The van der Waals surface area contributed by atoms with Gasteiger partial charge in [0, 0.05) is 18.2 Å². The molecule has 1 saturated carbocycles. The molecule has 1 aliphatic carbocycles. The number of pyridine rings is 1. The molecule has 8 nitrogen and oxygen atoms in total. The van der Waals surface area contributed by atoms with Gasteiger partial charge in [-0.05, 0) is 74.6 Å². The standard InChI is InChI=1S/C31H28F3N5O3/c1-29(2,3)42-28(41)30(12-13-30)24-14-18(19-8-5-6-9-20(19)26-37-35-17-38(26)4)15-25(36-24)39-16-22-21(27(39)40)10-7-11-23(22)31(32,33)34/h5-11,14-15,17H,12-13,16H2,1-4H3. The number of alkyl halides is 3. The predicted octanol–water partition coefficient (Wildman–Crippen LogP) is 6.10. The lowest BCUT2D eigenvalue weighted by Gasteiger charge is -2.25. The van der Waals surface area contributed by atoms with Gasteiger partial charge in [0.2, 0.25) is 0 Å². The van der Waals surface area contributed by atoms with Crippen molar-refractivity contribution in [3.8, 4) is 22.5 Å². The van der Waals surface area contributed by atoms with Crippen LogP contribution in [0.1, 0.15) is 60.8 Å². The summed E-state index contributed by atoms with van der Waals surface area (Å²) in [7, 11) is 1.82. The minimum atomic E-state index is -4.62. The highest BCUT2D eigenvalue weighted by Crippen LogP contribution is 2.51. The highest BCUT2D eigenvalue weighted by Gasteiger charge is 2.55. The quantitative estimate of drug-likeness (QED) is 0.267. The van der Waals surface area contributed by atoms with Crippen molar-refractivity contribution < 1.29 is 27.5 Å². The number of anilines is 1. The number of nitrogens with zero attached hydrogens (tertiary/aromatic N) is 5. The van der Waals surface area contributed by atoms with Crippen LogP contribution in [0.2, 0.25) is 0 Å². The second-order valence-corrected chi connectivity index (χ2v) is 11.7. The molecule has 11 heteroatoms. The second kappa shape index (κ2) is 9.50. The monoisotopic (exact) mass is 575 g/mol. The Bertz CT molecular complexity index is 1730. The van der Waals surface area contributed by atoms with E-state index in [9.17, 15) is 22.8 Å². The first-order chi connectivity index (χ1) is 19.8. The average molecular weight is 576 g/mol. The van der Waals surface area contributed by atoms with Gasteiger partial charge < -0.3 is 9.30 Å². The number of rotatable bonds is 5. The number of fused-ring (bicyclic) bond motifs is 1. The number of carbonyl (C=O) groups excluding carboxylic acids is 2. The minimum absolute atomic E-state index is 0.0219. The summed E-state index contributed by atoms with van der Waals surface area (Å²) >= 11 is 0. The van der Waals surface area contributed by atoms with E-state index in [2.05, 4.69) is 10.2 Å². The van der Waals surface area contributed by atoms with E-state index >= 15 is 0 Å². The van der Waals surface area contributed by atoms with Crippen LogP contribution in [0.4, 0.5) is 19.0 Å². The molecule has 0 bridgehead atoms. The largest absolute Gasteiger partial charge is 0.459 e. The fourth-order valence-electron chi connectivity index (χ4n) is 5.36. The summed E-state index contributed by atoms with van der Waals surface area (Å²) in [4.78, 5) is 32.9. The number of aryl methyl sites for hydroxylation is 1. The maximum absolute atomic E-state index is 13.8. The molecule has 0 unspecified atom stereocenters. The first kappa shape index (κ1) is 27.6. The molecule has 0 spiro atoms. The average Bonchev–Trinajstić information content (AvgIpc) is 3.53. The van der Waals surface area contributed by atoms with Crippen molar-refractivity contribution in [1.29, 1.82) is 0 Å². The van der Waals surface area contributed by atoms with Crippen molar-refractivity contribution in [1.82, 2.24) is 19.7 Å². The summed E-state index contributed by atoms with van der Waals surface area (Å²) in [6, 6.07) is 14.5. The third-order valence-electron chi connectivity index (χ3n) is 7.58. The molecule has 3 heterocycles. The van der Waals surface area contributed by atoms with Crippen molar-refractivity contribution in [2.75, 3.05) is 4.90 Å². The second-order valence-electron chi connectivity index (χ2n) is 11.7. The number of aromatic nitrogens is 4. The molecule has 2 aromatic carbocycles. The molecule has 216 valence electrons. The van der Waals surface area contributed by atoms with E-state index < -0.39 is 34.6 Å². The Kier molecular flexibility index (Phi) is 6.25. The number of halogens is 3. The molecule has 42 heavy (non-hydrogen) atoms. The maximum atomic E-state index is 13.8. The number of esters is 1. The number of hydrogen-bond donors (Lipinski definition) is 0. The van der Waals surface area contributed by atoms with E-state index in [1.807, 2.05) is 31.3 Å². The number of hydrogen-bond acceptors (Lipinski definition) is 6. The Morgan fingerprint density at radius 3 is 2.29 bits per heavy atom. The first-order valence-corrected chi connectivity index (χ1v) is 13.5. The van der Waals surface area contributed by atoms with Crippen molar-refractivity contribution in [3.63, 3.8) is 0 Å². The Morgan fingerprint density at radius 1 is 0.976 bits per heavy atom. The number of amides is 1. The molecule has 0 N–H and O–H groups in total. The van der Waals surface area contributed by atoms with Crippen molar-refractivity contribution in [3.05, 3.63) is 83.3 Å². The van der Waals surface area contributed by atoms with Gasteiger partial charge in [-0.2, -0.15) is 13.2 Å². The summed E-state index contributed by atoms with van der Waals surface area (Å²) in [5.41, 5.74) is -0.220. The third-order valence-corrected chi connectivity index (χ3v) is 7.58. The Labute approximate surface area is 240 Å². The van der Waals surface area contributed by atoms with Crippen LogP contribution >= 0.6 is 0 Å². The van der Waals surface area contributed by atoms with Crippen LogP contribution < -0.4 is 4.90 Å². The van der Waals surface area contributed by atoms with Crippen LogP contribution in [-0.4, -0.2) is 37.2 Å². The lowest BCUT2D eigenvalue weighted by Crippen LogP contribution is -2.33. The SMILES string of the molecule is Cn1cnnc1-c1ccccc1-c1cc(N2Cc3c(cccc3C(F)(F)F)C2=O)nc(C2(C(=O)OC(C)(C)C)CC2)c1. The minimum Gasteiger partial charge on any atom is -0.459 e. The summed E-state index contributed by atoms with van der Waals surface area (Å²) in [5, 5.41) is 8.24. The Hall–Kier alpha value is -4.54. The summed E-state index contributed by atoms with van der Waals surface area (Å²) in [6.45, 7) is 5.05. The highest BCUT2D eigenvalue weighted by molar-refractivity contribution is 6.10. The lowest BCUT2D eigenvalue weighted by atomic mass is 9.94. The molecular weight excluding hydrogens is 547 g/mol. The Morgan fingerprint density at radius 2 is 1.67 bits per heavy atom. The summed E-state index contributed by atoms with van der Waals surface area (Å²) in [5.74, 6) is -0.268. The van der Waals surface area contributed by atoms with Crippen LogP contribution in [0, 0.1) is 0 Å². The van der Waals surface area contributed by atoms with Crippen LogP contribution in [0.3, 0.4) is 0 Å². The Balaban J connectivity index is 1.52. The molecule has 4 aromatic rings.